The molecule has 2 aromatic rings. The van der Waals surface area contributed by atoms with Crippen molar-refractivity contribution in [2.24, 2.45) is 0 Å². The van der Waals surface area contributed by atoms with Crippen molar-refractivity contribution in [2.75, 3.05) is 13.7 Å². The van der Waals surface area contributed by atoms with Crippen LogP contribution in [0.2, 0.25) is 0 Å². The third-order valence-corrected chi connectivity index (χ3v) is 4.15. The van der Waals surface area contributed by atoms with Crippen molar-refractivity contribution in [3.05, 3.63) is 71.8 Å². The summed E-state index contributed by atoms with van der Waals surface area (Å²) >= 11 is 0. The molecule has 0 bridgehead atoms. The lowest BCUT2D eigenvalue weighted by Gasteiger charge is -2.40. The molecule has 2 nitrogen and oxygen atoms in total. The van der Waals surface area contributed by atoms with Crippen molar-refractivity contribution in [1.29, 1.82) is 0 Å². The Morgan fingerprint density at radius 3 is 2.00 bits per heavy atom. The molecule has 0 aliphatic heterocycles. The highest BCUT2D eigenvalue weighted by Gasteiger charge is 2.33. The summed E-state index contributed by atoms with van der Waals surface area (Å²) < 4.78 is 0. The molecule has 0 unspecified atom stereocenters. The number of rotatable bonds is 6. The second kappa shape index (κ2) is 6.69. The van der Waals surface area contributed by atoms with Gasteiger partial charge in [-0.2, -0.15) is 0 Å². The zero-order chi connectivity index (χ0) is 14.4. The Morgan fingerprint density at radius 1 is 0.950 bits per heavy atom. The predicted molar refractivity (Wildman–Crippen MR) is 83.4 cm³/mol. The molecule has 106 valence electrons. The number of likely N-dealkylation sites (N-methyl/N-ethyl adjacent to an activating group) is 1. The van der Waals surface area contributed by atoms with Gasteiger partial charge in [0.15, 0.2) is 0 Å². The molecule has 1 N–H and O–H groups in total. The first-order valence-electron chi connectivity index (χ1n) is 7.14. The average molecular weight is 269 g/mol. The second-order valence-electron chi connectivity index (χ2n) is 5.25. The van der Waals surface area contributed by atoms with E-state index < -0.39 is 0 Å². The minimum Gasteiger partial charge on any atom is -0.394 e. The van der Waals surface area contributed by atoms with E-state index in [9.17, 15) is 5.11 Å². The van der Waals surface area contributed by atoms with E-state index in [4.69, 9.17) is 0 Å². The summed E-state index contributed by atoms with van der Waals surface area (Å²) in [4.78, 5) is 2.25. The molecule has 0 saturated heterocycles. The number of aliphatic hydroxyl groups is 1. The fourth-order valence-electron chi connectivity index (χ4n) is 2.78. The highest BCUT2D eigenvalue weighted by Crippen LogP contribution is 2.31. The van der Waals surface area contributed by atoms with Crippen molar-refractivity contribution in [2.45, 2.75) is 25.4 Å². The Bertz CT molecular complexity index is 505. The van der Waals surface area contributed by atoms with Gasteiger partial charge in [-0.05, 0) is 24.6 Å². The topological polar surface area (TPSA) is 23.5 Å². The molecule has 20 heavy (non-hydrogen) atoms. The maximum atomic E-state index is 10.0. The van der Waals surface area contributed by atoms with Crippen LogP contribution in [0.15, 0.2) is 60.7 Å². The number of aliphatic hydroxyl groups excluding tert-OH is 1. The van der Waals surface area contributed by atoms with Gasteiger partial charge in [-0.1, -0.05) is 67.6 Å². The first-order chi connectivity index (χ1) is 9.73. The summed E-state index contributed by atoms with van der Waals surface area (Å²) in [6.45, 7) is 3.08. The van der Waals surface area contributed by atoms with Crippen molar-refractivity contribution in [3.8, 4) is 0 Å². The van der Waals surface area contributed by atoms with Gasteiger partial charge in [-0.3, -0.25) is 4.90 Å². The SMILES string of the molecule is CC[C@](CO)(c1ccccc1)N(C)Cc1ccccc1. The molecule has 0 spiro atoms. The third-order valence-electron chi connectivity index (χ3n) is 4.15. The van der Waals surface area contributed by atoms with Gasteiger partial charge in [-0.25, -0.2) is 0 Å². The van der Waals surface area contributed by atoms with Crippen LogP contribution in [-0.4, -0.2) is 23.7 Å². The molecule has 0 saturated carbocycles. The fraction of sp³-hybridized carbons (Fsp3) is 0.333. The Hall–Kier alpha value is -1.64. The summed E-state index contributed by atoms with van der Waals surface area (Å²) in [7, 11) is 2.08. The van der Waals surface area contributed by atoms with Gasteiger partial charge in [0.25, 0.3) is 0 Å². The second-order valence-corrected chi connectivity index (χ2v) is 5.25. The Kier molecular flexibility index (Phi) is 4.94. The van der Waals surface area contributed by atoms with E-state index in [2.05, 4.69) is 55.3 Å². The summed E-state index contributed by atoms with van der Waals surface area (Å²) in [5, 5.41) is 10.0. The van der Waals surface area contributed by atoms with Gasteiger partial charge >= 0.3 is 0 Å². The summed E-state index contributed by atoms with van der Waals surface area (Å²) in [6, 6.07) is 20.7. The van der Waals surface area contributed by atoms with Crippen molar-refractivity contribution in [3.63, 3.8) is 0 Å². The van der Waals surface area contributed by atoms with Gasteiger partial charge in [0.05, 0.1) is 12.1 Å². The largest absolute Gasteiger partial charge is 0.394 e. The van der Waals surface area contributed by atoms with E-state index in [-0.39, 0.29) is 12.1 Å². The monoisotopic (exact) mass is 269 g/mol. The summed E-state index contributed by atoms with van der Waals surface area (Å²) in [6.07, 6.45) is 0.872. The molecule has 0 heterocycles. The molecule has 0 amide bonds. The molecule has 0 aliphatic carbocycles. The summed E-state index contributed by atoms with van der Waals surface area (Å²) in [5.74, 6) is 0. The van der Waals surface area contributed by atoms with Crippen LogP contribution in [0, 0.1) is 0 Å². The van der Waals surface area contributed by atoms with Gasteiger partial charge in [0.1, 0.15) is 0 Å². The molecular formula is C18H23NO. The molecular weight excluding hydrogens is 246 g/mol. The van der Waals surface area contributed by atoms with Crippen molar-refractivity contribution >= 4 is 0 Å². The van der Waals surface area contributed by atoms with Gasteiger partial charge in [-0.15, -0.1) is 0 Å². The van der Waals surface area contributed by atoms with Crippen LogP contribution >= 0.6 is 0 Å². The Morgan fingerprint density at radius 2 is 1.50 bits per heavy atom. The minimum atomic E-state index is -0.322. The Labute approximate surface area is 121 Å². The van der Waals surface area contributed by atoms with Crippen molar-refractivity contribution in [1.82, 2.24) is 4.90 Å². The van der Waals surface area contributed by atoms with Crippen LogP contribution < -0.4 is 0 Å². The molecule has 2 rings (SSSR count). The van der Waals surface area contributed by atoms with Crippen LogP contribution in [0.5, 0.6) is 0 Å². The van der Waals surface area contributed by atoms with E-state index in [1.807, 2.05) is 24.3 Å². The normalized spacial score (nSPS) is 14.2. The van der Waals surface area contributed by atoms with E-state index >= 15 is 0 Å². The van der Waals surface area contributed by atoms with Crippen LogP contribution in [0.3, 0.4) is 0 Å². The quantitative estimate of drug-likeness (QED) is 0.868. The highest BCUT2D eigenvalue weighted by atomic mass is 16.3. The molecule has 0 aromatic heterocycles. The highest BCUT2D eigenvalue weighted by molar-refractivity contribution is 5.25. The zero-order valence-electron chi connectivity index (χ0n) is 12.3. The first kappa shape index (κ1) is 14.8. The van der Waals surface area contributed by atoms with E-state index in [1.165, 1.54) is 11.1 Å². The Balaban J connectivity index is 2.28. The number of hydrogen-bond acceptors (Lipinski definition) is 2. The smallest absolute Gasteiger partial charge is 0.0691 e. The van der Waals surface area contributed by atoms with E-state index in [0.29, 0.717) is 0 Å². The van der Waals surface area contributed by atoms with Crippen LogP contribution in [0.4, 0.5) is 0 Å². The number of nitrogens with zero attached hydrogens (tertiary/aromatic N) is 1. The van der Waals surface area contributed by atoms with Crippen LogP contribution in [0.25, 0.3) is 0 Å². The molecule has 2 aromatic carbocycles. The van der Waals surface area contributed by atoms with Crippen LogP contribution in [0.1, 0.15) is 24.5 Å². The fourth-order valence-corrected chi connectivity index (χ4v) is 2.78. The lowest BCUT2D eigenvalue weighted by atomic mass is 9.86. The third kappa shape index (κ3) is 2.92. The van der Waals surface area contributed by atoms with Gasteiger partial charge in [0, 0.05) is 6.54 Å². The van der Waals surface area contributed by atoms with Gasteiger partial charge < -0.3 is 5.11 Å². The molecule has 2 heteroatoms. The van der Waals surface area contributed by atoms with E-state index in [0.717, 1.165) is 13.0 Å². The number of benzene rings is 2. The standard InChI is InChI=1S/C18H23NO/c1-3-18(15-20,17-12-8-5-9-13-17)19(2)14-16-10-6-4-7-11-16/h4-13,20H,3,14-15H2,1-2H3/t18-/m0/s1. The lowest BCUT2D eigenvalue weighted by molar-refractivity contribution is 0.0366. The number of hydrogen-bond donors (Lipinski definition) is 1. The molecule has 0 fully saturated rings. The summed E-state index contributed by atoms with van der Waals surface area (Å²) in [5.41, 5.74) is 2.11. The first-order valence-corrected chi connectivity index (χ1v) is 7.14. The maximum Gasteiger partial charge on any atom is 0.0691 e. The predicted octanol–water partition coefficient (Wildman–Crippen LogP) is 3.42. The van der Waals surface area contributed by atoms with Gasteiger partial charge in [0.2, 0.25) is 0 Å². The molecule has 0 radical (unpaired) electrons. The zero-order valence-corrected chi connectivity index (χ0v) is 12.3. The average Bonchev–Trinajstić information content (AvgIpc) is 2.51. The maximum absolute atomic E-state index is 10.0. The molecule has 0 aliphatic rings. The van der Waals surface area contributed by atoms with Crippen LogP contribution in [-0.2, 0) is 12.1 Å². The lowest BCUT2D eigenvalue weighted by Crippen LogP contribution is -2.46. The minimum absolute atomic E-state index is 0.122. The van der Waals surface area contributed by atoms with Crippen molar-refractivity contribution < 1.29 is 5.11 Å². The molecule has 1 atom stereocenters. The van der Waals surface area contributed by atoms with E-state index in [1.54, 1.807) is 0 Å².